The predicted octanol–water partition coefficient (Wildman–Crippen LogP) is 0.832. The molecule has 1 aromatic rings. The molecule has 0 radical (unpaired) electrons. The monoisotopic (exact) mass is 311 g/mol. The number of hydrogen-bond acceptors (Lipinski definition) is 3. The summed E-state index contributed by atoms with van der Waals surface area (Å²) in [6.45, 7) is 1.54. The van der Waals surface area contributed by atoms with Crippen molar-refractivity contribution in [2.75, 3.05) is 25.9 Å². The molecule has 0 atom stereocenters. The number of rotatable bonds is 2. The summed E-state index contributed by atoms with van der Waals surface area (Å²) < 4.78 is 0.849. The van der Waals surface area contributed by atoms with Gasteiger partial charge in [0.1, 0.15) is 0 Å². The zero-order chi connectivity index (χ0) is 13.3. The van der Waals surface area contributed by atoms with E-state index in [1.54, 1.807) is 24.1 Å². The van der Waals surface area contributed by atoms with E-state index in [0.29, 0.717) is 25.3 Å². The molecular formula is C12H14BrN3O2. The maximum atomic E-state index is 11.8. The van der Waals surface area contributed by atoms with Crippen LogP contribution in [0.2, 0.25) is 0 Å². The molecule has 0 aliphatic carbocycles. The molecule has 6 heteroatoms. The Labute approximate surface area is 114 Å². The Kier molecular flexibility index (Phi) is 3.56. The molecule has 0 bridgehead atoms. The molecule has 1 fully saturated rings. The second-order valence-corrected chi connectivity index (χ2v) is 5.16. The van der Waals surface area contributed by atoms with Gasteiger partial charge in [0, 0.05) is 36.8 Å². The Hall–Kier alpha value is -1.56. The zero-order valence-corrected chi connectivity index (χ0v) is 11.6. The minimum atomic E-state index is -0.451. The quantitative estimate of drug-likeness (QED) is 0.650. The lowest BCUT2D eigenvalue weighted by Crippen LogP contribution is -2.52. The van der Waals surface area contributed by atoms with Gasteiger partial charge in [-0.05, 0) is 17.7 Å². The third kappa shape index (κ3) is 2.48. The van der Waals surface area contributed by atoms with E-state index in [1.165, 1.54) is 4.90 Å². The molecule has 2 amide bonds. The van der Waals surface area contributed by atoms with Gasteiger partial charge in [0.25, 0.3) is 0 Å². The minimum absolute atomic E-state index is 0.416. The van der Waals surface area contributed by atoms with Gasteiger partial charge in [-0.3, -0.25) is 9.59 Å². The van der Waals surface area contributed by atoms with E-state index in [9.17, 15) is 9.59 Å². The van der Waals surface area contributed by atoms with Crippen LogP contribution in [0.25, 0.3) is 0 Å². The van der Waals surface area contributed by atoms with Crippen molar-refractivity contribution in [3.63, 3.8) is 0 Å². The van der Waals surface area contributed by atoms with Crippen molar-refractivity contribution in [2.45, 2.75) is 6.54 Å². The fraction of sp³-hybridized carbons (Fsp3) is 0.333. The zero-order valence-electron chi connectivity index (χ0n) is 10.0. The SMILES string of the molecule is CN1CCN(Cc2ccc(N)cc2Br)C(=O)C1=O. The van der Waals surface area contributed by atoms with Gasteiger partial charge < -0.3 is 15.5 Å². The van der Waals surface area contributed by atoms with E-state index >= 15 is 0 Å². The third-order valence-corrected chi connectivity index (χ3v) is 3.70. The molecule has 0 aromatic heterocycles. The van der Waals surface area contributed by atoms with Crippen LogP contribution in [0.3, 0.4) is 0 Å². The number of benzene rings is 1. The third-order valence-electron chi connectivity index (χ3n) is 2.96. The first-order chi connectivity index (χ1) is 8.49. The number of carbonyl (C=O) groups is 2. The average Bonchev–Trinajstić information content (AvgIpc) is 2.33. The maximum absolute atomic E-state index is 11.8. The fourth-order valence-electron chi connectivity index (χ4n) is 1.82. The Bertz CT molecular complexity index is 504. The number of anilines is 1. The highest BCUT2D eigenvalue weighted by Gasteiger charge is 2.30. The van der Waals surface area contributed by atoms with Gasteiger partial charge in [-0.2, -0.15) is 0 Å². The minimum Gasteiger partial charge on any atom is -0.399 e. The molecule has 1 aromatic carbocycles. The van der Waals surface area contributed by atoms with Crippen LogP contribution in [0.5, 0.6) is 0 Å². The molecule has 18 heavy (non-hydrogen) atoms. The molecule has 2 rings (SSSR count). The highest BCUT2D eigenvalue weighted by molar-refractivity contribution is 9.10. The number of halogens is 1. The van der Waals surface area contributed by atoms with Crippen molar-refractivity contribution >= 4 is 33.4 Å². The van der Waals surface area contributed by atoms with E-state index in [0.717, 1.165) is 10.0 Å². The summed E-state index contributed by atoms with van der Waals surface area (Å²) in [6.07, 6.45) is 0. The van der Waals surface area contributed by atoms with Gasteiger partial charge in [0.15, 0.2) is 0 Å². The summed E-state index contributed by atoms with van der Waals surface area (Å²) in [7, 11) is 1.64. The predicted molar refractivity (Wildman–Crippen MR) is 71.6 cm³/mol. The molecule has 0 unspecified atom stereocenters. The van der Waals surface area contributed by atoms with Crippen LogP contribution >= 0.6 is 15.9 Å². The number of hydrogen-bond donors (Lipinski definition) is 1. The standard InChI is InChI=1S/C12H14BrN3O2/c1-15-4-5-16(12(18)11(15)17)7-8-2-3-9(14)6-10(8)13/h2-3,6H,4-5,7,14H2,1H3. The summed E-state index contributed by atoms with van der Waals surface area (Å²) in [6, 6.07) is 5.43. The number of likely N-dealkylation sites (N-methyl/N-ethyl adjacent to an activating group) is 1. The van der Waals surface area contributed by atoms with Gasteiger partial charge in [0.2, 0.25) is 0 Å². The second-order valence-electron chi connectivity index (χ2n) is 4.30. The van der Waals surface area contributed by atoms with Crippen LogP contribution in [0, 0.1) is 0 Å². The fourth-order valence-corrected chi connectivity index (χ4v) is 2.34. The summed E-state index contributed by atoms with van der Waals surface area (Å²) in [5, 5.41) is 0. The first-order valence-corrected chi connectivity index (χ1v) is 6.36. The molecule has 96 valence electrons. The Morgan fingerprint density at radius 2 is 2.00 bits per heavy atom. The van der Waals surface area contributed by atoms with Gasteiger partial charge in [-0.15, -0.1) is 0 Å². The first kappa shape index (κ1) is 12.9. The van der Waals surface area contributed by atoms with Crippen molar-refractivity contribution in [1.82, 2.24) is 9.80 Å². The molecule has 1 aliphatic heterocycles. The van der Waals surface area contributed by atoms with E-state index in [1.807, 2.05) is 6.07 Å². The van der Waals surface area contributed by atoms with E-state index in [4.69, 9.17) is 5.73 Å². The van der Waals surface area contributed by atoms with E-state index in [-0.39, 0.29) is 0 Å². The van der Waals surface area contributed by atoms with Gasteiger partial charge in [0.05, 0.1) is 0 Å². The Balaban J connectivity index is 2.14. The van der Waals surface area contributed by atoms with Crippen LogP contribution in [0.15, 0.2) is 22.7 Å². The highest BCUT2D eigenvalue weighted by atomic mass is 79.9. The van der Waals surface area contributed by atoms with Crippen molar-refractivity contribution in [3.05, 3.63) is 28.2 Å². The summed E-state index contributed by atoms with van der Waals surface area (Å²) >= 11 is 3.41. The lowest BCUT2D eigenvalue weighted by Gasteiger charge is -2.31. The molecule has 0 spiro atoms. The smallest absolute Gasteiger partial charge is 0.312 e. The van der Waals surface area contributed by atoms with Crippen LogP contribution in [-0.2, 0) is 16.1 Å². The highest BCUT2D eigenvalue weighted by Crippen LogP contribution is 2.22. The van der Waals surface area contributed by atoms with E-state index in [2.05, 4.69) is 15.9 Å². The van der Waals surface area contributed by atoms with Crippen LogP contribution in [-0.4, -0.2) is 41.8 Å². The van der Waals surface area contributed by atoms with Crippen molar-refractivity contribution < 1.29 is 9.59 Å². The largest absolute Gasteiger partial charge is 0.399 e. The number of nitrogens with two attached hydrogens (primary N) is 1. The van der Waals surface area contributed by atoms with Crippen LogP contribution < -0.4 is 5.73 Å². The number of nitrogen functional groups attached to an aromatic ring is 1. The lowest BCUT2D eigenvalue weighted by atomic mass is 10.2. The topological polar surface area (TPSA) is 66.6 Å². The summed E-state index contributed by atoms with van der Waals surface area (Å²) in [5.74, 6) is -0.903. The van der Waals surface area contributed by atoms with Crippen LogP contribution in [0.1, 0.15) is 5.56 Å². The van der Waals surface area contributed by atoms with E-state index < -0.39 is 11.8 Å². The van der Waals surface area contributed by atoms with Crippen molar-refractivity contribution in [3.8, 4) is 0 Å². The molecular weight excluding hydrogens is 298 g/mol. The normalized spacial score (nSPS) is 16.3. The van der Waals surface area contributed by atoms with Crippen LogP contribution in [0.4, 0.5) is 5.69 Å². The molecule has 1 heterocycles. The maximum Gasteiger partial charge on any atom is 0.312 e. The van der Waals surface area contributed by atoms with Crippen molar-refractivity contribution in [2.24, 2.45) is 0 Å². The molecule has 1 saturated heterocycles. The summed E-state index contributed by atoms with van der Waals surface area (Å²) in [5.41, 5.74) is 7.26. The average molecular weight is 312 g/mol. The number of piperazine rings is 1. The van der Waals surface area contributed by atoms with Crippen molar-refractivity contribution in [1.29, 1.82) is 0 Å². The lowest BCUT2D eigenvalue weighted by molar-refractivity contribution is -0.155. The number of nitrogens with zero attached hydrogens (tertiary/aromatic N) is 2. The second kappa shape index (κ2) is 4.97. The first-order valence-electron chi connectivity index (χ1n) is 5.57. The number of carbonyl (C=O) groups excluding carboxylic acids is 2. The molecule has 5 nitrogen and oxygen atoms in total. The Morgan fingerprint density at radius 3 is 2.67 bits per heavy atom. The molecule has 2 N–H and O–H groups in total. The summed E-state index contributed by atoms with van der Waals surface area (Å²) in [4.78, 5) is 26.4. The molecule has 0 saturated carbocycles. The van der Waals surface area contributed by atoms with Gasteiger partial charge >= 0.3 is 11.8 Å². The Morgan fingerprint density at radius 1 is 1.28 bits per heavy atom. The molecule has 1 aliphatic rings. The van der Waals surface area contributed by atoms with Gasteiger partial charge in [-0.25, -0.2) is 0 Å². The number of amides is 2. The van der Waals surface area contributed by atoms with Gasteiger partial charge in [-0.1, -0.05) is 22.0 Å².